The normalized spacial score (nSPS) is 10.7. The summed E-state index contributed by atoms with van der Waals surface area (Å²) >= 11 is 0. The molecule has 5 nitrogen and oxygen atoms in total. The van der Waals surface area contributed by atoms with E-state index in [0.29, 0.717) is 30.8 Å². The molecule has 3 aromatic rings. The number of hydrogen-bond acceptors (Lipinski definition) is 4. The van der Waals surface area contributed by atoms with E-state index in [1.165, 1.54) is 6.20 Å². The van der Waals surface area contributed by atoms with Crippen LogP contribution in [-0.4, -0.2) is 9.91 Å². The fourth-order valence-corrected chi connectivity index (χ4v) is 2.64. The van der Waals surface area contributed by atoms with Crippen LogP contribution in [0.2, 0.25) is 0 Å². The third-order valence-corrected chi connectivity index (χ3v) is 3.80. The first-order chi connectivity index (χ1) is 11.7. The lowest BCUT2D eigenvalue weighted by atomic mass is 10.0. The van der Waals surface area contributed by atoms with Gasteiger partial charge in [-0.25, -0.2) is 4.98 Å². The van der Waals surface area contributed by atoms with E-state index in [1.807, 2.05) is 48.5 Å². The van der Waals surface area contributed by atoms with Crippen molar-refractivity contribution in [2.75, 3.05) is 0 Å². The molecule has 24 heavy (non-hydrogen) atoms. The smallest absolute Gasteiger partial charge is 0.291 e. The molecule has 1 aromatic heterocycles. The molecule has 0 amide bonds. The molecule has 0 spiro atoms. The first-order valence-electron chi connectivity index (χ1n) is 7.71. The van der Waals surface area contributed by atoms with Gasteiger partial charge in [-0.15, -0.1) is 0 Å². The summed E-state index contributed by atoms with van der Waals surface area (Å²) in [5, 5.41) is 12.0. The fourth-order valence-electron chi connectivity index (χ4n) is 2.64. The molecule has 0 aliphatic heterocycles. The van der Waals surface area contributed by atoms with Gasteiger partial charge in [0, 0.05) is 10.9 Å². The number of aromatic nitrogens is 1. The van der Waals surface area contributed by atoms with Crippen LogP contribution >= 0.6 is 0 Å². The van der Waals surface area contributed by atoms with Crippen molar-refractivity contribution in [2.24, 2.45) is 0 Å². The summed E-state index contributed by atoms with van der Waals surface area (Å²) in [7, 11) is 0. The summed E-state index contributed by atoms with van der Waals surface area (Å²) in [6, 6.07) is 15.3. The second kappa shape index (κ2) is 7.08. The van der Waals surface area contributed by atoms with Crippen LogP contribution in [0.15, 0.2) is 54.7 Å². The Morgan fingerprint density at radius 1 is 1.17 bits per heavy atom. The van der Waals surface area contributed by atoms with Crippen LogP contribution in [0, 0.1) is 17.0 Å². The lowest BCUT2D eigenvalue weighted by molar-refractivity contribution is -0.385. The average molecular weight is 321 g/mol. The van der Waals surface area contributed by atoms with Gasteiger partial charge in [-0.1, -0.05) is 37.3 Å². The number of fused-ring (bicyclic) bond motifs is 1. The summed E-state index contributed by atoms with van der Waals surface area (Å²) < 4.78 is 5.82. The minimum Gasteiger partial charge on any atom is -0.489 e. The maximum atomic E-state index is 11.2. The molecule has 0 aliphatic rings. The van der Waals surface area contributed by atoms with Gasteiger partial charge in [0.15, 0.2) is 0 Å². The maximum absolute atomic E-state index is 11.2. The molecule has 1 heterocycles. The molecule has 0 bridgehead atoms. The van der Waals surface area contributed by atoms with Gasteiger partial charge >= 0.3 is 0 Å². The number of rotatable bonds is 6. The van der Waals surface area contributed by atoms with Gasteiger partial charge in [0.2, 0.25) is 0 Å². The average Bonchev–Trinajstić information content (AvgIpc) is 2.61. The van der Waals surface area contributed by atoms with Gasteiger partial charge in [0.05, 0.1) is 10.4 Å². The zero-order chi connectivity index (χ0) is 16.9. The highest BCUT2D eigenvalue weighted by Crippen LogP contribution is 2.30. The highest BCUT2D eigenvalue weighted by atomic mass is 16.6. The fraction of sp³-hybridized carbons (Fsp3) is 0.158. The van der Waals surface area contributed by atoms with Crippen molar-refractivity contribution in [3.63, 3.8) is 0 Å². The number of pyridine rings is 1. The Balaban J connectivity index is 1.96. The van der Waals surface area contributed by atoms with Crippen LogP contribution in [-0.2, 0) is 13.0 Å². The van der Waals surface area contributed by atoms with Crippen molar-refractivity contribution in [3.8, 4) is 5.75 Å². The van der Waals surface area contributed by atoms with Crippen LogP contribution in [0.1, 0.15) is 17.5 Å². The topological polar surface area (TPSA) is 65.3 Å². The lowest BCUT2D eigenvalue weighted by Crippen LogP contribution is -1.99. The van der Waals surface area contributed by atoms with E-state index in [-0.39, 0.29) is 5.69 Å². The number of ether oxygens (including phenoxy) is 1. The molecular formula is C19H17N2O3. The highest BCUT2D eigenvalue weighted by Gasteiger charge is 2.17. The van der Waals surface area contributed by atoms with Gasteiger partial charge in [0.25, 0.3) is 5.69 Å². The van der Waals surface area contributed by atoms with Crippen molar-refractivity contribution in [3.05, 3.63) is 82.9 Å². The van der Waals surface area contributed by atoms with Crippen molar-refractivity contribution in [1.29, 1.82) is 0 Å². The molecule has 0 atom stereocenters. The summed E-state index contributed by atoms with van der Waals surface area (Å²) in [5.41, 5.74) is 2.47. The predicted octanol–water partition coefficient (Wildman–Crippen LogP) is 4.49. The Hall–Kier alpha value is -2.95. The van der Waals surface area contributed by atoms with Crippen molar-refractivity contribution < 1.29 is 9.66 Å². The second-order valence-corrected chi connectivity index (χ2v) is 5.44. The molecular weight excluding hydrogens is 304 g/mol. The Kier molecular flexibility index (Phi) is 4.70. The first kappa shape index (κ1) is 15.9. The molecule has 121 valence electrons. The van der Waals surface area contributed by atoms with Crippen LogP contribution in [0.4, 0.5) is 5.69 Å². The van der Waals surface area contributed by atoms with Gasteiger partial charge in [-0.2, -0.15) is 0 Å². The lowest BCUT2D eigenvalue weighted by Gasteiger charge is -2.10. The Morgan fingerprint density at radius 2 is 1.96 bits per heavy atom. The number of aryl methyl sites for hydroxylation is 1. The van der Waals surface area contributed by atoms with Crippen molar-refractivity contribution >= 4 is 16.6 Å². The number of nitrogens with zero attached hydrogens (tertiary/aromatic N) is 2. The molecule has 5 heteroatoms. The van der Waals surface area contributed by atoms with Gasteiger partial charge < -0.3 is 4.74 Å². The Bertz CT molecular complexity index is 863. The van der Waals surface area contributed by atoms with Crippen LogP contribution in [0.25, 0.3) is 10.9 Å². The quantitative estimate of drug-likeness (QED) is 0.495. The van der Waals surface area contributed by atoms with E-state index in [4.69, 9.17) is 4.74 Å². The van der Waals surface area contributed by atoms with Crippen molar-refractivity contribution in [1.82, 2.24) is 4.98 Å². The van der Waals surface area contributed by atoms with E-state index in [1.54, 1.807) is 0 Å². The van der Waals surface area contributed by atoms with Gasteiger partial charge in [-0.3, -0.25) is 10.1 Å². The minimum absolute atomic E-state index is 0.0337. The molecule has 0 unspecified atom stereocenters. The molecule has 0 saturated carbocycles. The molecule has 1 radical (unpaired) electrons. The van der Waals surface area contributed by atoms with Gasteiger partial charge in [0.1, 0.15) is 18.6 Å². The zero-order valence-electron chi connectivity index (χ0n) is 13.1. The van der Waals surface area contributed by atoms with E-state index in [9.17, 15) is 10.1 Å². The first-order valence-corrected chi connectivity index (χ1v) is 7.71. The summed E-state index contributed by atoms with van der Waals surface area (Å²) in [4.78, 5) is 15.0. The van der Waals surface area contributed by atoms with E-state index < -0.39 is 4.92 Å². The SMILES string of the molecule is [CH2]CCc1c([N+](=O)[O-])cnc2ccc(OCc3ccccc3)cc12. The van der Waals surface area contributed by atoms with Crippen LogP contribution in [0.3, 0.4) is 0 Å². The molecule has 2 aromatic carbocycles. The van der Waals surface area contributed by atoms with Crippen molar-refractivity contribution in [2.45, 2.75) is 19.4 Å². The number of benzene rings is 2. The molecule has 3 rings (SSSR count). The second-order valence-electron chi connectivity index (χ2n) is 5.44. The zero-order valence-corrected chi connectivity index (χ0v) is 13.1. The van der Waals surface area contributed by atoms with E-state index in [2.05, 4.69) is 11.9 Å². The Morgan fingerprint density at radius 3 is 2.67 bits per heavy atom. The molecule has 0 fully saturated rings. The summed E-state index contributed by atoms with van der Waals surface area (Å²) in [5.74, 6) is 0.666. The number of hydrogen-bond donors (Lipinski definition) is 0. The Labute approximate surface area is 140 Å². The van der Waals surface area contributed by atoms with Crippen LogP contribution < -0.4 is 4.74 Å². The number of nitro groups is 1. The summed E-state index contributed by atoms with van der Waals surface area (Å²) in [6.45, 7) is 4.26. The monoisotopic (exact) mass is 321 g/mol. The molecule has 0 saturated heterocycles. The standard InChI is InChI=1S/C19H17N2O3/c1-2-6-16-17-11-15(24-13-14-7-4-3-5-8-14)9-10-18(17)20-12-19(16)21(22)23/h3-5,7-12H,1-2,6,13H2. The maximum Gasteiger partial charge on any atom is 0.291 e. The largest absolute Gasteiger partial charge is 0.489 e. The third-order valence-electron chi connectivity index (χ3n) is 3.80. The molecule has 0 aliphatic carbocycles. The van der Waals surface area contributed by atoms with E-state index in [0.717, 1.165) is 16.5 Å². The van der Waals surface area contributed by atoms with E-state index >= 15 is 0 Å². The molecule has 0 N–H and O–H groups in total. The minimum atomic E-state index is -0.394. The van der Waals surface area contributed by atoms with Crippen LogP contribution in [0.5, 0.6) is 5.75 Å². The third kappa shape index (κ3) is 3.35. The highest BCUT2D eigenvalue weighted by molar-refractivity contribution is 5.86. The van der Waals surface area contributed by atoms with Gasteiger partial charge in [-0.05, 0) is 36.6 Å². The summed E-state index contributed by atoms with van der Waals surface area (Å²) in [6.07, 6.45) is 2.42. The predicted molar refractivity (Wildman–Crippen MR) is 92.8 cm³/mol.